The topological polar surface area (TPSA) is 64.0 Å². The third-order valence-electron chi connectivity index (χ3n) is 4.18. The first-order valence-corrected chi connectivity index (χ1v) is 8.86. The van der Waals surface area contributed by atoms with Gasteiger partial charge in [-0.3, -0.25) is 9.59 Å². The number of aryl methyl sites for hydroxylation is 1. The van der Waals surface area contributed by atoms with Gasteiger partial charge in [-0.1, -0.05) is 12.1 Å². The molecule has 0 bridgehead atoms. The van der Waals surface area contributed by atoms with E-state index in [9.17, 15) is 18.4 Å². The maximum Gasteiger partial charge on any atom is 0.266 e. The lowest BCUT2D eigenvalue weighted by Gasteiger charge is -2.08. The number of carbonyl (C=O) groups is 1. The van der Waals surface area contributed by atoms with Crippen LogP contribution in [0.4, 0.5) is 8.78 Å². The molecule has 144 valence electrons. The molecule has 1 heterocycles. The van der Waals surface area contributed by atoms with E-state index >= 15 is 0 Å². The van der Waals surface area contributed by atoms with Gasteiger partial charge in [0.25, 0.3) is 5.56 Å². The number of nitrogens with zero attached hydrogens (tertiary/aromatic N) is 2. The number of aromatic nitrogens is 2. The van der Waals surface area contributed by atoms with Crippen molar-refractivity contribution in [3.63, 3.8) is 0 Å². The van der Waals surface area contributed by atoms with E-state index in [4.69, 9.17) is 0 Å². The molecule has 3 aromatic rings. The summed E-state index contributed by atoms with van der Waals surface area (Å²) in [4.78, 5) is 23.9. The Hall–Kier alpha value is -3.35. The van der Waals surface area contributed by atoms with Crippen LogP contribution in [0.3, 0.4) is 0 Å². The molecule has 1 amide bonds. The van der Waals surface area contributed by atoms with Crippen molar-refractivity contribution in [3.05, 3.63) is 88.2 Å². The van der Waals surface area contributed by atoms with E-state index in [1.807, 2.05) is 0 Å². The van der Waals surface area contributed by atoms with Crippen LogP contribution in [-0.4, -0.2) is 15.7 Å². The van der Waals surface area contributed by atoms with Gasteiger partial charge in [0.1, 0.15) is 11.6 Å². The monoisotopic (exact) mass is 383 g/mol. The molecule has 0 saturated carbocycles. The van der Waals surface area contributed by atoms with E-state index in [2.05, 4.69) is 10.4 Å². The predicted octanol–water partition coefficient (Wildman–Crippen LogP) is 3.29. The Bertz CT molecular complexity index is 999. The molecule has 3 rings (SSSR count). The normalized spacial score (nSPS) is 10.6. The summed E-state index contributed by atoms with van der Waals surface area (Å²) < 4.78 is 27.2. The minimum atomic E-state index is -0.344. The van der Waals surface area contributed by atoms with Gasteiger partial charge < -0.3 is 5.32 Å². The molecule has 0 aliphatic heterocycles. The number of carbonyl (C=O) groups excluding carboxylic acids is 1. The number of nitrogens with one attached hydrogen (secondary N) is 1. The van der Waals surface area contributed by atoms with Gasteiger partial charge in [0, 0.05) is 31.1 Å². The molecular weight excluding hydrogens is 364 g/mol. The highest BCUT2D eigenvalue weighted by atomic mass is 19.1. The zero-order chi connectivity index (χ0) is 19.9. The zero-order valence-corrected chi connectivity index (χ0v) is 15.1. The Balaban J connectivity index is 1.53. The van der Waals surface area contributed by atoms with Gasteiger partial charge in [0.2, 0.25) is 5.91 Å². The molecule has 0 aliphatic carbocycles. The van der Waals surface area contributed by atoms with Crippen LogP contribution in [0.2, 0.25) is 0 Å². The minimum absolute atomic E-state index is 0.160. The molecule has 0 saturated heterocycles. The third kappa shape index (κ3) is 5.33. The molecule has 1 N–H and O–H groups in total. The summed E-state index contributed by atoms with van der Waals surface area (Å²) in [5.74, 6) is -0.827. The average molecular weight is 383 g/mol. The molecule has 0 unspecified atom stereocenters. The van der Waals surface area contributed by atoms with Gasteiger partial charge in [-0.05, 0) is 54.4 Å². The Morgan fingerprint density at radius 2 is 1.57 bits per heavy atom. The van der Waals surface area contributed by atoms with Crippen molar-refractivity contribution in [2.24, 2.45) is 0 Å². The lowest BCUT2D eigenvalue weighted by molar-refractivity contribution is -0.121. The van der Waals surface area contributed by atoms with Crippen LogP contribution in [0, 0.1) is 11.6 Å². The van der Waals surface area contributed by atoms with Crippen molar-refractivity contribution in [3.8, 4) is 11.3 Å². The van der Waals surface area contributed by atoms with Crippen LogP contribution in [0.5, 0.6) is 0 Å². The van der Waals surface area contributed by atoms with Crippen LogP contribution >= 0.6 is 0 Å². The highest BCUT2D eigenvalue weighted by molar-refractivity contribution is 5.75. The molecule has 0 radical (unpaired) electrons. The zero-order valence-electron chi connectivity index (χ0n) is 15.1. The molecule has 0 atom stereocenters. The van der Waals surface area contributed by atoms with Crippen molar-refractivity contribution < 1.29 is 13.6 Å². The van der Waals surface area contributed by atoms with Crippen LogP contribution in [0.1, 0.15) is 18.4 Å². The fourth-order valence-corrected chi connectivity index (χ4v) is 2.66. The van der Waals surface area contributed by atoms with Gasteiger partial charge in [-0.15, -0.1) is 0 Å². The van der Waals surface area contributed by atoms with Crippen molar-refractivity contribution >= 4 is 5.91 Å². The van der Waals surface area contributed by atoms with Gasteiger partial charge in [-0.25, -0.2) is 13.5 Å². The first-order chi connectivity index (χ1) is 13.5. The first kappa shape index (κ1) is 19.4. The SMILES string of the molecule is O=C(CCCn1nc(-c2ccc(F)cc2)ccc1=O)NCc1ccc(F)cc1. The summed E-state index contributed by atoms with van der Waals surface area (Å²) in [7, 11) is 0. The molecule has 0 aliphatic rings. The Labute approximate surface area is 160 Å². The number of rotatable bonds is 7. The van der Waals surface area contributed by atoms with Gasteiger partial charge in [-0.2, -0.15) is 5.10 Å². The standard InChI is InChI=1S/C21H19F2N3O2/c22-17-7-3-15(4-8-17)14-24-20(27)2-1-13-26-21(28)12-11-19(25-26)16-5-9-18(23)10-6-16/h3-12H,1-2,13-14H2,(H,24,27). The molecule has 1 aromatic heterocycles. The number of halogens is 2. The van der Waals surface area contributed by atoms with Gasteiger partial charge in [0.15, 0.2) is 0 Å². The number of hydrogen-bond acceptors (Lipinski definition) is 3. The van der Waals surface area contributed by atoms with Crippen molar-refractivity contribution in [2.75, 3.05) is 0 Å². The Morgan fingerprint density at radius 3 is 2.25 bits per heavy atom. The van der Waals surface area contributed by atoms with Crippen LogP contribution in [0.15, 0.2) is 65.5 Å². The Kier molecular flexibility index (Phi) is 6.26. The number of amides is 1. The summed E-state index contributed by atoms with van der Waals surface area (Å²) in [6.45, 7) is 0.606. The van der Waals surface area contributed by atoms with Crippen molar-refractivity contribution in [1.29, 1.82) is 0 Å². The van der Waals surface area contributed by atoms with E-state index in [-0.39, 0.29) is 36.1 Å². The maximum atomic E-state index is 13.0. The molecule has 28 heavy (non-hydrogen) atoms. The minimum Gasteiger partial charge on any atom is -0.352 e. The fourth-order valence-electron chi connectivity index (χ4n) is 2.66. The quantitative estimate of drug-likeness (QED) is 0.681. The smallest absolute Gasteiger partial charge is 0.266 e. The lowest BCUT2D eigenvalue weighted by atomic mass is 10.1. The largest absolute Gasteiger partial charge is 0.352 e. The second-order valence-corrected chi connectivity index (χ2v) is 6.29. The summed E-state index contributed by atoms with van der Waals surface area (Å²) in [5.41, 5.74) is 1.80. The first-order valence-electron chi connectivity index (χ1n) is 8.86. The summed E-state index contributed by atoms with van der Waals surface area (Å²) in [6.07, 6.45) is 0.672. The van der Waals surface area contributed by atoms with E-state index in [0.29, 0.717) is 24.2 Å². The second-order valence-electron chi connectivity index (χ2n) is 6.29. The third-order valence-corrected chi connectivity index (χ3v) is 4.18. The second kappa shape index (κ2) is 9.03. The highest BCUT2D eigenvalue weighted by Gasteiger charge is 2.06. The molecule has 0 fully saturated rings. The summed E-state index contributed by atoms with van der Waals surface area (Å²) >= 11 is 0. The molecule has 5 nitrogen and oxygen atoms in total. The van der Waals surface area contributed by atoms with Crippen molar-refractivity contribution in [1.82, 2.24) is 15.1 Å². The van der Waals surface area contributed by atoms with Gasteiger partial charge in [0.05, 0.1) is 5.69 Å². The van der Waals surface area contributed by atoms with E-state index < -0.39 is 0 Å². The fraction of sp³-hybridized carbons (Fsp3) is 0.190. The molecule has 7 heteroatoms. The number of hydrogen-bond donors (Lipinski definition) is 1. The van der Waals surface area contributed by atoms with E-state index in [1.165, 1.54) is 35.0 Å². The van der Waals surface area contributed by atoms with Gasteiger partial charge >= 0.3 is 0 Å². The van der Waals surface area contributed by atoms with Crippen molar-refractivity contribution in [2.45, 2.75) is 25.9 Å². The average Bonchev–Trinajstić information content (AvgIpc) is 2.70. The summed E-state index contributed by atoms with van der Waals surface area (Å²) in [5, 5.41) is 7.04. The molecular formula is C21H19F2N3O2. The lowest BCUT2D eigenvalue weighted by Crippen LogP contribution is -2.25. The molecule has 0 spiro atoms. The predicted molar refractivity (Wildman–Crippen MR) is 101 cm³/mol. The van der Waals surface area contributed by atoms with E-state index in [0.717, 1.165) is 5.56 Å². The van der Waals surface area contributed by atoms with Crippen LogP contribution in [-0.2, 0) is 17.9 Å². The number of benzene rings is 2. The maximum absolute atomic E-state index is 13.0. The molecule has 2 aromatic carbocycles. The highest BCUT2D eigenvalue weighted by Crippen LogP contribution is 2.15. The Morgan fingerprint density at radius 1 is 0.929 bits per heavy atom. The van der Waals surface area contributed by atoms with Crippen LogP contribution in [0.25, 0.3) is 11.3 Å². The van der Waals surface area contributed by atoms with E-state index in [1.54, 1.807) is 30.3 Å². The van der Waals surface area contributed by atoms with Crippen LogP contribution < -0.4 is 10.9 Å². The summed E-state index contributed by atoms with van der Waals surface area (Å²) in [6, 6.07) is 14.7.